The van der Waals surface area contributed by atoms with E-state index in [0.29, 0.717) is 24.6 Å². The lowest BCUT2D eigenvalue weighted by atomic mass is 9.99. The molecule has 186 valence electrons. The molecule has 0 radical (unpaired) electrons. The largest absolute Gasteiger partial charge is 0.497 e. The zero-order chi connectivity index (χ0) is 25.3. The number of carboxylic acids is 1. The van der Waals surface area contributed by atoms with Crippen LogP contribution in [0, 0.1) is 0 Å². The highest BCUT2D eigenvalue weighted by atomic mass is 16.5. The third-order valence-corrected chi connectivity index (χ3v) is 5.68. The third kappa shape index (κ3) is 5.99. The van der Waals surface area contributed by atoms with Crippen molar-refractivity contribution < 1.29 is 23.8 Å². The molecule has 1 amide bonds. The van der Waals surface area contributed by atoms with Crippen molar-refractivity contribution in [1.29, 1.82) is 0 Å². The Morgan fingerprint density at radius 2 is 1.69 bits per heavy atom. The zero-order valence-electron chi connectivity index (χ0n) is 20.0. The molecule has 9 heteroatoms. The van der Waals surface area contributed by atoms with Gasteiger partial charge in [-0.15, -0.1) is 0 Å². The summed E-state index contributed by atoms with van der Waals surface area (Å²) in [5.41, 5.74) is 3.31. The van der Waals surface area contributed by atoms with Crippen LogP contribution in [0.25, 0.3) is 33.6 Å². The van der Waals surface area contributed by atoms with E-state index in [-0.39, 0.29) is 0 Å². The number of fused-ring (bicyclic) bond motifs is 1. The second kappa shape index (κ2) is 11.8. The first kappa shape index (κ1) is 24.7. The number of furan rings is 1. The number of amides is 1. The number of methoxy groups -OCH3 is 1. The number of unbranched alkanes of at least 4 members (excludes halogenated alkanes) is 2. The van der Waals surface area contributed by atoms with E-state index in [1.165, 1.54) is 6.33 Å². The average Bonchev–Trinajstić information content (AvgIpc) is 3.29. The monoisotopic (exact) mass is 488 g/mol. The summed E-state index contributed by atoms with van der Waals surface area (Å²) < 4.78 is 11.6. The van der Waals surface area contributed by atoms with Gasteiger partial charge in [-0.1, -0.05) is 42.5 Å². The highest BCUT2D eigenvalue weighted by Gasteiger charge is 2.22. The Balaban J connectivity index is 1.51. The maximum Gasteiger partial charge on any atom is 0.312 e. The van der Waals surface area contributed by atoms with Crippen LogP contribution in [0.4, 0.5) is 5.82 Å². The standard InChI is InChI=1S/C27H28N4O5/c1-35-20-12-10-18(11-13-20)23-24-26(29-15-7-3-6-14-28-21(32)16-22(33)34)30-17-31-27(24)36-25(23)19-8-4-2-5-9-19/h2,4-5,8-13,17H,3,6-7,14-16H2,1H3,(H,28,32)(H,33,34)(H,29,30,31). The van der Waals surface area contributed by atoms with Gasteiger partial charge in [0.25, 0.3) is 0 Å². The fraction of sp³-hybridized carbons (Fsp3) is 0.259. The number of carboxylic acid groups (broad SMARTS) is 1. The molecule has 2 aromatic heterocycles. The first-order chi connectivity index (χ1) is 17.6. The SMILES string of the molecule is COc1ccc(-c2c(-c3ccccc3)oc3ncnc(NCCCCCNC(=O)CC(=O)O)c23)cc1. The Bertz CT molecular complexity index is 1320. The average molecular weight is 489 g/mol. The second-order valence-corrected chi connectivity index (χ2v) is 8.21. The Labute approximate surface area is 208 Å². The van der Waals surface area contributed by atoms with E-state index in [0.717, 1.165) is 52.8 Å². The number of nitrogens with zero attached hydrogens (tertiary/aromatic N) is 2. The lowest BCUT2D eigenvalue weighted by Gasteiger charge is -2.09. The van der Waals surface area contributed by atoms with E-state index in [1.807, 2.05) is 54.6 Å². The van der Waals surface area contributed by atoms with Crippen molar-refractivity contribution >= 4 is 28.8 Å². The van der Waals surface area contributed by atoms with E-state index >= 15 is 0 Å². The molecule has 0 aliphatic rings. The molecule has 0 unspecified atom stereocenters. The number of aliphatic carboxylic acids is 1. The van der Waals surface area contributed by atoms with Gasteiger partial charge >= 0.3 is 5.97 Å². The molecule has 2 aromatic carbocycles. The number of aromatic nitrogens is 2. The van der Waals surface area contributed by atoms with Crippen LogP contribution in [0.15, 0.2) is 65.3 Å². The van der Waals surface area contributed by atoms with Gasteiger partial charge in [0, 0.05) is 24.2 Å². The lowest BCUT2D eigenvalue weighted by Crippen LogP contribution is -2.26. The molecule has 3 N–H and O–H groups in total. The molecule has 0 spiro atoms. The maximum absolute atomic E-state index is 11.4. The van der Waals surface area contributed by atoms with Crippen molar-refractivity contribution in [2.45, 2.75) is 25.7 Å². The smallest absolute Gasteiger partial charge is 0.312 e. The molecule has 9 nitrogen and oxygen atoms in total. The molecule has 4 rings (SSSR count). The highest BCUT2D eigenvalue weighted by Crippen LogP contribution is 2.42. The molecule has 0 bridgehead atoms. The first-order valence-corrected chi connectivity index (χ1v) is 11.8. The van der Waals surface area contributed by atoms with Gasteiger partial charge in [0.15, 0.2) is 0 Å². The minimum Gasteiger partial charge on any atom is -0.497 e. The first-order valence-electron chi connectivity index (χ1n) is 11.8. The van der Waals surface area contributed by atoms with Gasteiger partial charge < -0.3 is 24.9 Å². The van der Waals surface area contributed by atoms with Crippen molar-refractivity contribution in [3.8, 4) is 28.2 Å². The third-order valence-electron chi connectivity index (χ3n) is 5.68. The Hall–Kier alpha value is -4.40. The summed E-state index contributed by atoms with van der Waals surface area (Å²) in [4.78, 5) is 30.8. The minimum absolute atomic E-state index is 0.452. The highest BCUT2D eigenvalue weighted by molar-refractivity contribution is 6.05. The van der Waals surface area contributed by atoms with Gasteiger partial charge in [0.1, 0.15) is 30.1 Å². The number of hydrogen-bond acceptors (Lipinski definition) is 7. The lowest BCUT2D eigenvalue weighted by molar-refractivity contribution is -0.140. The number of carbonyl (C=O) groups is 2. The topological polar surface area (TPSA) is 127 Å². The predicted octanol–water partition coefficient (Wildman–Crippen LogP) is 4.74. The van der Waals surface area contributed by atoms with Crippen LogP contribution in [0.2, 0.25) is 0 Å². The number of rotatable bonds is 12. The van der Waals surface area contributed by atoms with E-state index in [9.17, 15) is 9.59 Å². The van der Waals surface area contributed by atoms with Gasteiger partial charge in [-0.3, -0.25) is 9.59 Å². The molecule has 0 atom stereocenters. The molecule has 0 fully saturated rings. The van der Waals surface area contributed by atoms with E-state index in [2.05, 4.69) is 20.6 Å². The number of hydrogen-bond donors (Lipinski definition) is 3. The number of ether oxygens (including phenoxy) is 1. The summed E-state index contributed by atoms with van der Waals surface area (Å²) in [6, 6.07) is 17.7. The molecule has 4 aromatic rings. The summed E-state index contributed by atoms with van der Waals surface area (Å²) in [5.74, 6) is 0.574. The molecule has 0 aliphatic carbocycles. The number of anilines is 1. The maximum atomic E-state index is 11.4. The molecule has 0 saturated carbocycles. The Morgan fingerprint density at radius 3 is 2.42 bits per heavy atom. The van der Waals surface area contributed by atoms with Crippen LogP contribution in [0.5, 0.6) is 5.75 Å². The van der Waals surface area contributed by atoms with Crippen LogP contribution in [-0.2, 0) is 9.59 Å². The Kier molecular flexibility index (Phi) is 8.12. The number of nitrogens with one attached hydrogen (secondary N) is 2. The number of carbonyl (C=O) groups excluding carboxylic acids is 1. The van der Waals surface area contributed by atoms with E-state index < -0.39 is 18.3 Å². The van der Waals surface area contributed by atoms with Gasteiger partial charge in [-0.25, -0.2) is 9.97 Å². The van der Waals surface area contributed by atoms with Crippen LogP contribution < -0.4 is 15.4 Å². The van der Waals surface area contributed by atoms with Crippen molar-refractivity contribution in [3.63, 3.8) is 0 Å². The van der Waals surface area contributed by atoms with Crippen LogP contribution in [-0.4, -0.2) is 47.2 Å². The van der Waals surface area contributed by atoms with Gasteiger partial charge in [-0.2, -0.15) is 0 Å². The summed E-state index contributed by atoms with van der Waals surface area (Å²) in [7, 11) is 1.64. The van der Waals surface area contributed by atoms with Crippen molar-refractivity contribution in [2.75, 3.05) is 25.5 Å². The second-order valence-electron chi connectivity index (χ2n) is 8.21. The van der Waals surface area contributed by atoms with Gasteiger partial charge in [0.2, 0.25) is 11.6 Å². The van der Waals surface area contributed by atoms with Crippen molar-refractivity contribution in [1.82, 2.24) is 15.3 Å². The number of benzene rings is 2. The molecule has 0 saturated heterocycles. The molecule has 2 heterocycles. The molecular weight excluding hydrogens is 460 g/mol. The van der Waals surface area contributed by atoms with Crippen molar-refractivity contribution in [3.05, 3.63) is 60.9 Å². The molecular formula is C27H28N4O5. The summed E-state index contributed by atoms with van der Waals surface area (Å²) in [6.07, 6.45) is 3.45. The zero-order valence-corrected chi connectivity index (χ0v) is 20.0. The minimum atomic E-state index is -1.13. The molecule has 36 heavy (non-hydrogen) atoms. The van der Waals surface area contributed by atoms with E-state index in [1.54, 1.807) is 7.11 Å². The fourth-order valence-corrected chi connectivity index (χ4v) is 3.95. The van der Waals surface area contributed by atoms with E-state index in [4.69, 9.17) is 14.3 Å². The normalized spacial score (nSPS) is 10.8. The fourth-order valence-electron chi connectivity index (χ4n) is 3.95. The van der Waals surface area contributed by atoms with Crippen molar-refractivity contribution in [2.24, 2.45) is 0 Å². The summed E-state index contributed by atoms with van der Waals surface area (Å²) in [6.45, 7) is 1.12. The molecule has 0 aliphatic heterocycles. The summed E-state index contributed by atoms with van der Waals surface area (Å²) >= 11 is 0. The van der Waals surface area contributed by atoms with Crippen LogP contribution in [0.3, 0.4) is 0 Å². The van der Waals surface area contributed by atoms with Gasteiger partial charge in [-0.05, 0) is 37.0 Å². The van der Waals surface area contributed by atoms with Gasteiger partial charge in [0.05, 0.1) is 12.5 Å². The quantitative estimate of drug-likeness (QED) is 0.193. The van der Waals surface area contributed by atoms with Crippen LogP contribution >= 0.6 is 0 Å². The predicted molar refractivity (Wildman–Crippen MR) is 137 cm³/mol. The Morgan fingerprint density at radius 1 is 0.944 bits per heavy atom. The van der Waals surface area contributed by atoms with Crippen LogP contribution in [0.1, 0.15) is 25.7 Å². The summed E-state index contributed by atoms with van der Waals surface area (Å²) in [5, 5.41) is 15.5.